The maximum absolute atomic E-state index is 12.6. The van der Waals surface area contributed by atoms with Gasteiger partial charge in [-0.2, -0.15) is 0 Å². The highest BCUT2D eigenvalue weighted by Gasteiger charge is 2.56. The molecule has 1 aliphatic heterocycles. The first-order valence-corrected chi connectivity index (χ1v) is 6.76. The molecule has 0 aromatic carbocycles. The minimum absolute atomic E-state index is 0.0193. The molecule has 1 unspecified atom stereocenters. The van der Waals surface area contributed by atoms with E-state index >= 15 is 0 Å². The Labute approximate surface area is 108 Å². The second-order valence-corrected chi connectivity index (χ2v) is 5.58. The molecule has 0 radical (unpaired) electrons. The quantitative estimate of drug-likeness (QED) is 0.774. The number of hydrogen-bond donors (Lipinski definition) is 1. The predicted molar refractivity (Wildman–Crippen MR) is 69.9 cm³/mol. The molecule has 1 spiro atoms. The van der Waals surface area contributed by atoms with Crippen molar-refractivity contribution in [2.45, 2.75) is 57.0 Å². The predicted octanol–water partition coefficient (Wildman–Crippen LogP) is 1.61. The van der Waals surface area contributed by atoms with Gasteiger partial charge in [0.1, 0.15) is 11.1 Å². The lowest BCUT2D eigenvalue weighted by atomic mass is 9.83. The number of rotatable bonds is 3. The third-order valence-electron chi connectivity index (χ3n) is 4.50. The van der Waals surface area contributed by atoms with Crippen LogP contribution in [-0.4, -0.2) is 34.3 Å². The summed E-state index contributed by atoms with van der Waals surface area (Å²) >= 11 is 0. The molecule has 1 N–H and O–H groups in total. The minimum Gasteiger partial charge on any atom is -0.340 e. The van der Waals surface area contributed by atoms with Crippen molar-refractivity contribution in [2.24, 2.45) is 0 Å². The molecule has 1 atom stereocenters. The molecule has 0 aromatic rings. The zero-order valence-corrected chi connectivity index (χ0v) is 11.3. The molecule has 2 rings (SSSR count). The Bertz CT molecular complexity index is 385. The van der Waals surface area contributed by atoms with Gasteiger partial charge < -0.3 is 10.2 Å². The molecule has 4 nitrogen and oxygen atoms in total. The van der Waals surface area contributed by atoms with Gasteiger partial charge in [-0.15, -0.1) is 6.58 Å². The van der Waals surface area contributed by atoms with Crippen LogP contribution in [0.2, 0.25) is 0 Å². The van der Waals surface area contributed by atoms with Crippen molar-refractivity contribution in [3.63, 3.8) is 0 Å². The normalized spacial score (nSPS) is 30.7. The summed E-state index contributed by atoms with van der Waals surface area (Å²) in [6, 6.07) is 0. The molecular formula is C14H22N2O2. The van der Waals surface area contributed by atoms with Gasteiger partial charge in [0.25, 0.3) is 0 Å². The first kappa shape index (κ1) is 13.1. The van der Waals surface area contributed by atoms with Gasteiger partial charge in [0.2, 0.25) is 11.8 Å². The summed E-state index contributed by atoms with van der Waals surface area (Å²) in [6.07, 6.45) is 5.90. The highest BCUT2D eigenvalue weighted by atomic mass is 16.2. The van der Waals surface area contributed by atoms with Crippen molar-refractivity contribution in [3.05, 3.63) is 12.7 Å². The van der Waals surface area contributed by atoms with Crippen LogP contribution in [0.3, 0.4) is 0 Å². The lowest BCUT2D eigenvalue weighted by molar-refractivity contribution is -0.161. The zero-order chi connectivity index (χ0) is 13.4. The SMILES string of the molecule is C=CCN1C(=O)C(C)(CC)NC(=O)C12CCCC2. The molecule has 100 valence electrons. The van der Waals surface area contributed by atoms with E-state index in [0.29, 0.717) is 13.0 Å². The fourth-order valence-corrected chi connectivity index (χ4v) is 3.12. The standard InChI is InChI=1S/C14H22N2O2/c1-4-10-16-12(18)13(3,5-2)15-11(17)14(16)8-6-7-9-14/h4H,1,5-10H2,2-3H3,(H,15,17). The summed E-state index contributed by atoms with van der Waals surface area (Å²) in [7, 11) is 0. The van der Waals surface area contributed by atoms with Gasteiger partial charge in [-0.1, -0.05) is 25.8 Å². The van der Waals surface area contributed by atoms with Crippen LogP contribution >= 0.6 is 0 Å². The third-order valence-corrected chi connectivity index (χ3v) is 4.50. The summed E-state index contributed by atoms with van der Waals surface area (Å²) in [4.78, 5) is 26.9. The molecule has 2 aliphatic rings. The molecule has 18 heavy (non-hydrogen) atoms. The summed E-state index contributed by atoms with van der Waals surface area (Å²) in [6.45, 7) is 7.92. The van der Waals surface area contributed by atoms with E-state index in [1.165, 1.54) is 0 Å². The van der Waals surface area contributed by atoms with Gasteiger partial charge in [0, 0.05) is 6.54 Å². The topological polar surface area (TPSA) is 49.4 Å². The van der Waals surface area contributed by atoms with Crippen molar-refractivity contribution in [3.8, 4) is 0 Å². The van der Waals surface area contributed by atoms with E-state index in [2.05, 4.69) is 11.9 Å². The zero-order valence-electron chi connectivity index (χ0n) is 11.3. The van der Waals surface area contributed by atoms with Crippen LogP contribution in [0.1, 0.15) is 46.0 Å². The van der Waals surface area contributed by atoms with Crippen LogP contribution < -0.4 is 5.32 Å². The van der Waals surface area contributed by atoms with Crippen LogP contribution in [0.4, 0.5) is 0 Å². The fourth-order valence-electron chi connectivity index (χ4n) is 3.12. The van der Waals surface area contributed by atoms with Crippen molar-refractivity contribution < 1.29 is 9.59 Å². The Morgan fingerprint density at radius 2 is 2.00 bits per heavy atom. The monoisotopic (exact) mass is 250 g/mol. The van der Waals surface area contributed by atoms with Gasteiger partial charge in [-0.25, -0.2) is 0 Å². The highest BCUT2D eigenvalue weighted by Crippen LogP contribution is 2.40. The average molecular weight is 250 g/mol. The molecule has 0 aromatic heterocycles. The van der Waals surface area contributed by atoms with Crippen molar-refractivity contribution in [1.29, 1.82) is 0 Å². The maximum Gasteiger partial charge on any atom is 0.249 e. The minimum atomic E-state index is -0.756. The Morgan fingerprint density at radius 3 is 2.50 bits per heavy atom. The highest BCUT2D eigenvalue weighted by molar-refractivity contribution is 6.02. The van der Waals surface area contributed by atoms with Gasteiger partial charge in [0.05, 0.1) is 0 Å². The number of piperazine rings is 1. The van der Waals surface area contributed by atoms with E-state index in [9.17, 15) is 9.59 Å². The van der Waals surface area contributed by atoms with E-state index in [0.717, 1.165) is 25.7 Å². The molecule has 1 aliphatic carbocycles. The van der Waals surface area contributed by atoms with Crippen molar-refractivity contribution in [1.82, 2.24) is 10.2 Å². The van der Waals surface area contributed by atoms with Gasteiger partial charge >= 0.3 is 0 Å². The molecular weight excluding hydrogens is 228 g/mol. The first-order valence-electron chi connectivity index (χ1n) is 6.76. The summed E-state index contributed by atoms with van der Waals surface area (Å²) < 4.78 is 0. The molecule has 0 bridgehead atoms. The Kier molecular flexibility index (Phi) is 3.21. The first-order chi connectivity index (χ1) is 8.50. The lowest BCUT2D eigenvalue weighted by Gasteiger charge is -2.49. The van der Waals surface area contributed by atoms with E-state index in [1.807, 2.05) is 13.8 Å². The molecule has 2 amide bonds. The smallest absolute Gasteiger partial charge is 0.249 e. The van der Waals surface area contributed by atoms with Gasteiger partial charge in [-0.05, 0) is 26.2 Å². The second-order valence-electron chi connectivity index (χ2n) is 5.58. The number of carbonyl (C=O) groups is 2. The number of nitrogens with zero attached hydrogens (tertiary/aromatic N) is 1. The van der Waals surface area contributed by atoms with Crippen LogP contribution in [0, 0.1) is 0 Å². The largest absolute Gasteiger partial charge is 0.340 e. The maximum atomic E-state index is 12.6. The fraction of sp³-hybridized carbons (Fsp3) is 0.714. The van der Waals surface area contributed by atoms with Crippen LogP contribution in [0.25, 0.3) is 0 Å². The number of nitrogens with one attached hydrogen (secondary N) is 1. The summed E-state index contributed by atoms with van der Waals surface area (Å²) in [5.74, 6) is 0.0530. The van der Waals surface area contributed by atoms with E-state index in [-0.39, 0.29) is 11.8 Å². The van der Waals surface area contributed by atoms with Crippen LogP contribution in [-0.2, 0) is 9.59 Å². The number of carbonyl (C=O) groups excluding carboxylic acids is 2. The number of amides is 2. The molecule has 1 saturated carbocycles. The van der Waals surface area contributed by atoms with Crippen molar-refractivity contribution in [2.75, 3.05) is 6.54 Å². The molecule has 4 heteroatoms. The Morgan fingerprint density at radius 1 is 1.39 bits per heavy atom. The van der Waals surface area contributed by atoms with Gasteiger partial charge in [-0.3, -0.25) is 9.59 Å². The van der Waals surface area contributed by atoms with Crippen LogP contribution in [0.15, 0.2) is 12.7 Å². The average Bonchev–Trinajstić information content (AvgIpc) is 2.83. The van der Waals surface area contributed by atoms with Crippen LogP contribution in [0.5, 0.6) is 0 Å². The lowest BCUT2D eigenvalue weighted by Crippen LogP contribution is -2.74. The van der Waals surface area contributed by atoms with E-state index in [1.54, 1.807) is 11.0 Å². The molecule has 1 heterocycles. The molecule has 1 saturated heterocycles. The summed E-state index contributed by atoms with van der Waals surface area (Å²) in [5, 5.41) is 2.95. The van der Waals surface area contributed by atoms with E-state index in [4.69, 9.17) is 0 Å². The van der Waals surface area contributed by atoms with Crippen molar-refractivity contribution >= 4 is 11.8 Å². The third kappa shape index (κ3) is 1.66. The Balaban J connectivity index is 2.40. The van der Waals surface area contributed by atoms with Gasteiger partial charge in [0.15, 0.2) is 0 Å². The summed E-state index contributed by atoms with van der Waals surface area (Å²) in [5.41, 5.74) is -1.37. The Hall–Kier alpha value is -1.32. The number of hydrogen-bond acceptors (Lipinski definition) is 2. The molecule has 2 fully saturated rings. The second kappa shape index (κ2) is 4.41. The van der Waals surface area contributed by atoms with E-state index < -0.39 is 11.1 Å².